The quantitative estimate of drug-likeness (QED) is 0.524. The molecule has 0 fully saturated rings. The van der Waals surface area contributed by atoms with Crippen molar-refractivity contribution < 1.29 is 4.79 Å². The van der Waals surface area contributed by atoms with Gasteiger partial charge in [-0.3, -0.25) is 4.79 Å². The Morgan fingerprint density at radius 3 is 2.88 bits per heavy atom. The molecule has 0 saturated heterocycles. The van der Waals surface area contributed by atoms with Crippen LogP contribution in [0.2, 0.25) is 0 Å². The summed E-state index contributed by atoms with van der Waals surface area (Å²) in [5.74, 6) is -0.0289. The third-order valence-corrected chi connectivity index (χ3v) is 1.23. The van der Waals surface area contributed by atoms with Crippen LogP contribution in [0.25, 0.3) is 0 Å². The van der Waals surface area contributed by atoms with E-state index in [0.29, 0.717) is 5.69 Å². The summed E-state index contributed by atoms with van der Waals surface area (Å²) in [5, 5.41) is 5.16. The van der Waals surface area contributed by atoms with Crippen molar-refractivity contribution in [2.24, 2.45) is 0 Å². The summed E-state index contributed by atoms with van der Waals surface area (Å²) < 4.78 is 3.51. The molecule has 0 N–H and O–H groups in total. The summed E-state index contributed by atoms with van der Waals surface area (Å²) in [4.78, 5) is 10.4. The van der Waals surface area contributed by atoms with E-state index < -0.39 is 0 Å². The molecule has 0 aliphatic carbocycles. The Morgan fingerprint density at radius 1 is 1.88 bits per heavy atom. The predicted octanol–water partition coefficient (Wildman–Crippen LogP) is 0.741. The van der Waals surface area contributed by atoms with Gasteiger partial charge >= 0.3 is 0 Å². The molecule has 3 nitrogen and oxygen atoms in total. The fourth-order valence-electron chi connectivity index (χ4n) is 0.318. The molecule has 0 amide bonds. The topological polar surface area (TPSA) is 42.9 Å². The number of ketones is 1. The molecule has 0 aliphatic rings. The number of aromatic nitrogens is 2. The lowest BCUT2D eigenvalue weighted by atomic mass is 10.4. The van der Waals surface area contributed by atoms with Gasteiger partial charge in [0.1, 0.15) is 5.69 Å². The first-order chi connectivity index (χ1) is 3.80. The van der Waals surface area contributed by atoms with E-state index >= 15 is 0 Å². The third kappa shape index (κ3) is 0.894. The summed E-state index contributed by atoms with van der Waals surface area (Å²) in [7, 11) is 0. The second kappa shape index (κ2) is 2.00. The average Bonchev–Trinajstić information content (AvgIpc) is 2.12. The van der Waals surface area contributed by atoms with Crippen molar-refractivity contribution in [2.75, 3.05) is 0 Å². The number of hydrogen-bond donors (Lipinski definition) is 0. The number of nitrogens with zero attached hydrogens (tertiary/aromatic N) is 2. The Labute approximate surface area is 50.5 Å². The second-order valence-electron chi connectivity index (χ2n) is 1.35. The number of hydrogen-bond acceptors (Lipinski definition) is 4. The van der Waals surface area contributed by atoms with Gasteiger partial charge in [-0.15, -0.1) is 5.10 Å². The normalized spacial score (nSPS) is 9.12. The van der Waals surface area contributed by atoms with Crippen LogP contribution in [0, 0.1) is 0 Å². The maximum absolute atomic E-state index is 10.4. The molecule has 4 heteroatoms. The van der Waals surface area contributed by atoms with Crippen LogP contribution in [0.4, 0.5) is 0 Å². The minimum Gasteiger partial charge on any atom is -0.293 e. The van der Waals surface area contributed by atoms with Gasteiger partial charge in [-0.2, -0.15) is 0 Å². The highest BCUT2D eigenvalue weighted by Gasteiger charge is 1.98. The largest absolute Gasteiger partial charge is 0.293 e. The maximum Gasteiger partial charge on any atom is 0.180 e. The van der Waals surface area contributed by atoms with Crippen molar-refractivity contribution in [3.8, 4) is 0 Å². The van der Waals surface area contributed by atoms with Crippen molar-refractivity contribution in [1.82, 2.24) is 9.59 Å². The van der Waals surface area contributed by atoms with Crippen molar-refractivity contribution in [2.45, 2.75) is 6.92 Å². The Kier molecular flexibility index (Phi) is 1.34. The van der Waals surface area contributed by atoms with Crippen LogP contribution >= 0.6 is 11.5 Å². The highest BCUT2D eigenvalue weighted by atomic mass is 32.1. The Bertz CT molecular complexity index is 182. The van der Waals surface area contributed by atoms with Gasteiger partial charge < -0.3 is 0 Å². The predicted molar refractivity (Wildman–Crippen MR) is 29.9 cm³/mol. The molecule has 0 atom stereocenters. The van der Waals surface area contributed by atoms with Crippen molar-refractivity contribution in [3.05, 3.63) is 11.1 Å². The van der Waals surface area contributed by atoms with Gasteiger partial charge in [0.25, 0.3) is 0 Å². The van der Waals surface area contributed by atoms with Crippen LogP contribution in [-0.2, 0) is 0 Å². The summed E-state index contributed by atoms with van der Waals surface area (Å²) in [6.07, 6.45) is 0. The van der Waals surface area contributed by atoms with Crippen LogP contribution < -0.4 is 0 Å². The molecule has 0 bridgehead atoms. The van der Waals surface area contributed by atoms with Crippen LogP contribution in [0.3, 0.4) is 0 Å². The minimum absolute atomic E-state index is 0.0289. The zero-order valence-electron chi connectivity index (χ0n) is 4.29. The van der Waals surface area contributed by atoms with E-state index in [-0.39, 0.29) is 5.78 Å². The molecule has 0 saturated carbocycles. The first kappa shape index (κ1) is 5.37. The van der Waals surface area contributed by atoms with E-state index in [1.807, 2.05) is 0 Å². The molecule has 42 valence electrons. The number of rotatable bonds is 1. The van der Waals surface area contributed by atoms with E-state index in [1.54, 1.807) is 5.38 Å². The van der Waals surface area contributed by atoms with Crippen molar-refractivity contribution in [1.29, 1.82) is 0 Å². The van der Waals surface area contributed by atoms with Gasteiger partial charge in [-0.1, -0.05) is 4.49 Å². The minimum atomic E-state index is -0.0289. The number of carbonyl (C=O) groups is 1. The summed E-state index contributed by atoms with van der Waals surface area (Å²) in [6.45, 7) is 1.47. The van der Waals surface area contributed by atoms with Crippen LogP contribution in [-0.4, -0.2) is 15.4 Å². The molecule has 8 heavy (non-hydrogen) atoms. The first-order valence-electron chi connectivity index (χ1n) is 2.08. The molecular formula is C4H4N2OS. The van der Waals surface area contributed by atoms with E-state index in [0.717, 1.165) is 0 Å². The zero-order chi connectivity index (χ0) is 5.98. The van der Waals surface area contributed by atoms with E-state index in [4.69, 9.17) is 0 Å². The highest BCUT2D eigenvalue weighted by Crippen LogP contribution is 1.95. The molecule has 0 spiro atoms. The van der Waals surface area contributed by atoms with Gasteiger partial charge in [0.2, 0.25) is 0 Å². The third-order valence-electron chi connectivity index (χ3n) is 0.721. The fraction of sp³-hybridized carbons (Fsp3) is 0.250. The Morgan fingerprint density at radius 2 is 2.62 bits per heavy atom. The second-order valence-corrected chi connectivity index (χ2v) is 1.96. The van der Waals surface area contributed by atoms with E-state index in [1.165, 1.54) is 18.5 Å². The first-order valence-corrected chi connectivity index (χ1v) is 2.92. The molecule has 0 aromatic carbocycles. The Hall–Kier alpha value is -0.770. The van der Waals surface area contributed by atoms with Crippen LogP contribution in [0.5, 0.6) is 0 Å². The monoisotopic (exact) mass is 128 g/mol. The Balaban J connectivity index is 2.93. The molecule has 1 heterocycles. The van der Waals surface area contributed by atoms with Crippen molar-refractivity contribution >= 4 is 17.3 Å². The van der Waals surface area contributed by atoms with Gasteiger partial charge in [-0.25, -0.2) is 0 Å². The van der Waals surface area contributed by atoms with Gasteiger partial charge in [0.15, 0.2) is 5.78 Å². The van der Waals surface area contributed by atoms with E-state index in [2.05, 4.69) is 9.59 Å². The van der Waals surface area contributed by atoms with E-state index in [9.17, 15) is 4.79 Å². The SMILES string of the molecule is CC(=O)c1csnn1. The molecule has 0 aliphatic heterocycles. The maximum atomic E-state index is 10.4. The standard InChI is InChI=1S/C4H4N2OS/c1-3(7)4-2-8-6-5-4/h2H,1H3. The fourth-order valence-corrected chi connectivity index (χ4v) is 0.813. The van der Waals surface area contributed by atoms with Gasteiger partial charge in [-0.05, 0) is 11.5 Å². The molecule has 1 aromatic rings. The van der Waals surface area contributed by atoms with Gasteiger partial charge in [0, 0.05) is 12.3 Å². The smallest absolute Gasteiger partial charge is 0.180 e. The lowest BCUT2D eigenvalue weighted by Crippen LogP contribution is -1.90. The van der Waals surface area contributed by atoms with Crippen LogP contribution in [0.1, 0.15) is 17.4 Å². The lowest BCUT2D eigenvalue weighted by molar-refractivity contribution is 0.101. The number of Topliss-reactive ketones (excluding diaryl/α,β-unsaturated/α-hetero) is 1. The molecular weight excluding hydrogens is 124 g/mol. The zero-order valence-corrected chi connectivity index (χ0v) is 5.10. The molecule has 0 radical (unpaired) electrons. The summed E-state index contributed by atoms with van der Waals surface area (Å²) in [6, 6.07) is 0. The highest BCUT2D eigenvalue weighted by molar-refractivity contribution is 7.03. The lowest BCUT2D eigenvalue weighted by Gasteiger charge is -1.76. The summed E-state index contributed by atoms with van der Waals surface area (Å²) >= 11 is 1.19. The average molecular weight is 128 g/mol. The molecule has 1 aromatic heterocycles. The van der Waals surface area contributed by atoms with Gasteiger partial charge in [0.05, 0.1) is 0 Å². The van der Waals surface area contributed by atoms with Crippen molar-refractivity contribution in [3.63, 3.8) is 0 Å². The molecule has 0 unspecified atom stereocenters. The number of carbonyl (C=O) groups excluding carboxylic acids is 1. The van der Waals surface area contributed by atoms with Crippen LogP contribution in [0.15, 0.2) is 5.38 Å². The summed E-state index contributed by atoms with van der Waals surface area (Å²) in [5.41, 5.74) is 0.454. The molecule has 1 rings (SSSR count).